The average molecular weight is 402 g/mol. The van der Waals surface area contributed by atoms with Gasteiger partial charge in [-0.05, 0) is 60.0 Å². The lowest BCUT2D eigenvalue weighted by molar-refractivity contribution is -0.323. The third-order valence-corrected chi connectivity index (χ3v) is 10.9. The Morgan fingerprint density at radius 2 is 1.73 bits per heavy atom. The van der Waals surface area contributed by atoms with Crippen molar-refractivity contribution in [3.63, 3.8) is 0 Å². The van der Waals surface area contributed by atoms with Gasteiger partial charge in [0.2, 0.25) is 0 Å². The number of ketones is 1. The molecule has 0 N–H and O–H groups in total. The predicted molar refractivity (Wildman–Crippen MR) is 107 cm³/mol. The normalized spacial score (nSPS) is 58.3. The maximum atomic E-state index is 14.3. The highest BCUT2D eigenvalue weighted by atomic mass is 16.7. The first kappa shape index (κ1) is 16.2. The van der Waals surface area contributed by atoms with Crippen LogP contribution in [0.5, 0.6) is 0 Å². The van der Waals surface area contributed by atoms with Crippen LogP contribution in [-0.4, -0.2) is 37.0 Å². The van der Waals surface area contributed by atoms with Crippen LogP contribution in [0.3, 0.4) is 0 Å². The van der Waals surface area contributed by atoms with Gasteiger partial charge in [-0.3, -0.25) is 4.79 Å². The molecular weight excluding hydrogens is 376 g/mol. The van der Waals surface area contributed by atoms with Gasteiger partial charge in [0.25, 0.3) is 0 Å². The van der Waals surface area contributed by atoms with Crippen molar-refractivity contribution in [2.75, 3.05) is 13.2 Å². The number of ether oxygens (including phenoxy) is 3. The van der Waals surface area contributed by atoms with Crippen molar-refractivity contribution in [1.29, 1.82) is 0 Å². The van der Waals surface area contributed by atoms with E-state index in [2.05, 4.69) is 36.4 Å². The number of carbonyl (C=O) groups is 1. The van der Waals surface area contributed by atoms with Crippen LogP contribution in [0, 0.1) is 52.8 Å². The van der Waals surface area contributed by atoms with Crippen molar-refractivity contribution in [2.24, 2.45) is 52.8 Å². The number of carbonyl (C=O) groups excluding carboxylic acids is 1. The van der Waals surface area contributed by atoms with E-state index in [0.717, 1.165) is 6.42 Å². The van der Waals surface area contributed by atoms with Gasteiger partial charge in [0.1, 0.15) is 5.78 Å². The monoisotopic (exact) mass is 402 g/mol. The first-order chi connectivity index (χ1) is 14.8. The molecule has 2 saturated heterocycles. The molecule has 0 amide bonds. The summed E-state index contributed by atoms with van der Waals surface area (Å²) in [5.41, 5.74) is 2.07. The third-order valence-electron chi connectivity index (χ3n) is 10.9. The number of rotatable bonds is 2. The lowest BCUT2D eigenvalue weighted by Crippen LogP contribution is -2.80. The van der Waals surface area contributed by atoms with Crippen LogP contribution in [0.15, 0.2) is 36.4 Å². The molecule has 11 atom stereocenters. The second-order valence-electron chi connectivity index (χ2n) is 11.2. The van der Waals surface area contributed by atoms with Crippen molar-refractivity contribution in [3.8, 4) is 0 Å². The van der Waals surface area contributed by atoms with E-state index in [4.69, 9.17) is 14.2 Å². The highest BCUT2D eigenvalue weighted by molar-refractivity contribution is 5.98. The van der Waals surface area contributed by atoms with Crippen LogP contribution in [-0.2, 0) is 19.0 Å². The van der Waals surface area contributed by atoms with Crippen molar-refractivity contribution in [1.82, 2.24) is 0 Å². The van der Waals surface area contributed by atoms with Crippen molar-refractivity contribution < 1.29 is 19.0 Å². The van der Waals surface area contributed by atoms with E-state index >= 15 is 0 Å². The second kappa shape index (κ2) is 4.79. The number of allylic oxidation sites excluding steroid dienone is 1. The Morgan fingerprint density at radius 3 is 2.57 bits per heavy atom. The Bertz CT molecular complexity index is 1030. The molecule has 0 aromatic heterocycles. The summed E-state index contributed by atoms with van der Waals surface area (Å²) < 4.78 is 19.5. The number of benzene rings is 1. The zero-order chi connectivity index (χ0) is 19.4. The molecule has 0 radical (unpaired) electrons. The fourth-order valence-corrected chi connectivity index (χ4v) is 10.7. The smallest absolute Gasteiger partial charge is 0.162 e. The summed E-state index contributed by atoms with van der Waals surface area (Å²) in [5, 5.41) is 0. The van der Waals surface area contributed by atoms with Crippen molar-refractivity contribution in [2.45, 2.75) is 37.3 Å². The molecular formula is C26H26O4. The molecule has 2 bridgehead atoms. The van der Waals surface area contributed by atoms with Crippen LogP contribution in [0.1, 0.15) is 24.8 Å². The van der Waals surface area contributed by atoms with E-state index in [1.165, 1.54) is 24.0 Å². The number of hydrogen-bond acceptors (Lipinski definition) is 4. The summed E-state index contributed by atoms with van der Waals surface area (Å²) in [6.45, 7) is 1.29. The van der Waals surface area contributed by atoms with E-state index in [1.807, 2.05) is 0 Å². The SMILES string of the molecule is O=C1[C@H]2[C@@H]3CC[C@@H]4[C@H]2O[C@@]25[C@@H]4[C@@H]3[C@@]12[C@H](C1OCCO1)[C@H]1C[C@@H]5C=C1c1ccccc1. The minimum absolute atomic E-state index is 0.101. The summed E-state index contributed by atoms with van der Waals surface area (Å²) in [7, 11) is 0. The van der Waals surface area contributed by atoms with E-state index in [1.54, 1.807) is 0 Å². The molecule has 8 rings (SSSR count). The zero-order valence-corrected chi connectivity index (χ0v) is 16.9. The van der Waals surface area contributed by atoms with Gasteiger partial charge in [-0.15, -0.1) is 0 Å². The second-order valence-corrected chi connectivity index (χ2v) is 11.2. The highest BCUT2D eigenvalue weighted by Gasteiger charge is 2.96. The number of fused-ring (bicyclic) bond motifs is 8. The molecule has 5 aliphatic carbocycles. The van der Waals surface area contributed by atoms with Gasteiger partial charge < -0.3 is 14.2 Å². The minimum atomic E-state index is -0.367. The van der Waals surface area contributed by atoms with Gasteiger partial charge in [0.05, 0.1) is 30.3 Å². The minimum Gasteiger partial charge on any atom is -0.369 e. The Hall–Kier alpha value is -1.49. The molecule has 6 fully saturated rings. The average Bonchev–Trinajstić information content (AvgIpc) is 3.49. The Labute approximate surface area is 175 Å². The molecule has 30 heavy (non-hydrogen) atoms. The maximum absolute atomic E-state index is 14.3. The quantitative estimate of drug-likeness (QED) is 0.761. The lowest BCUT2D eigenvalue weighted by atomic mass is 9.31. The summed E-state index contributed by atoms with van der Waals surface area (Å²) in [6, 6.07) is 10.8. The Kier molecular flexibility index (Phi) is 2.59. The van der Waals surface area contributed by atoms with E-state index < -0.39 is 0 Å². The van der Waals surface area contributed by atoms with E-state index in [-0.39, 0.29) is 35.2 Å². The summed E-state index contributed by atoms with van der Waals surface area (Å²) in [4.78, 5) is 14.3. The lowest BCUT2D eigenvalue weighted by Gasteiger charge is -2.72. The van der Waals surface area contributed by atoms with Gasteiger partial charge in [0, 0.05) is 17.8 Å². The molecule has 2 heterocycles. The van der Waals surface area contributed by atoms with Crippen LogP contribution in [0.25, 0.3) is 5.57 Å². The van der Waals surface area contributed by atoms with E-state index in [9.17, 15) is 4.79 Å². The van der Waals surface area contributed by atoms with E-state index in [0.29, 0.717) is 54.5 Å². The molecule has 2 spiro atoms. The first-order valence-corrected chi connectivity index (χ1v) is 12.0. The highest BCUT2D eigenvalue weighted by Crippen LogP contribution is 2.90. The molecule has 0 unspecified atom stereocenters. The molecule has 1 aromatic carbocycles. The first-order valence-electron chi connectivity index (χ1n) is 12.0. The van der Waals surface area contributed by atoms with Crippen LogP contribution >= 0.6 is 0 Å². The fraction of sp³-hybridized carbons (Fsp3) is 0.654. The molecule has 4 saturated carbocycles. The van der Waals surface area contributed by atoms with Crippen molar-refractivity contribution >= 4 is 11.4 Å². The molecule has 1 aromatic rings. The Balaban J connectivity index is 1.31. The van der Waals surface area contributed by atoms with Crippen LogP contribution in [0.2, 0.25) is 0 Å². The van der Waals surface area contributed by atoms with Gasteiger partial charge in [0.15, 0.2) is 6.29 Å². The fourth-order valence-electron chi connectivity index (χ4n) is 10.7. The largest absolute Gasteiger partial charge is 0.369 e. The summed E-state index contributed by atoms with van der Waals surface area (Å²) >= 11 is 0. The van der Waals surface area contributed by atoms with Gasteiger partial charge in [-0.25, -0.2) is 0 Å². The van der Waals surface area contributed by atoms with Gasteiger partial charge in [-0.1, -0.05) is 36.4 Å². The van der Waals surface area contributed by atoms with Crippen molar-refractivity contribution in [3.05, 3.63) is 42.0 Å². The van der Waals surface area contributed by atoms with Gasteiger partial charge in [-0.2, -0.15) is 0 Å². The summed E-state index contributed by atoms with van der Waals surface area (Å²) in [5.74, 6) is 3.77. The molecule has 4 heteroatoms. The number of hydrogen-bond donors (Lipinski definition) is 0. The molecule has 154 valence electrons. The zero-order valence-electron chi connectivity index (χ0n) is 16.9. The Morgan fingerprint density at radius 1 is 0.933 bits per heavy atom. The summed E-state index contributed by atoms with van der Waals surface area (Å²) in [6.07, 6.45) is 6.04. The molecule has 7 aliphatic rings. The van der Waals surface area contributed by atoms with Crippen LogP contribution < -0.4 is 0 Å². The standard InChI is InChI=1S/C26H26O4/c27-23-18-14-6-7-15-20-19(14)25(23)21(24-28-8-9-29-24)17-11-13(26(20,25)30-22(15)18)10-16(17)12-4-2-1-3-5-12/h1-5,10,13-15,17-22,24H,6-9,11H2/t13-,14-,15-,17-,18-,19+,20-,21-,22+,25+,26-/m0/s1. The molecule has 4 nitrogen and oxygen atoms in total. The van der Waals surface area contributed by atoms with Crippen LogP contribution in [0.4, 0.5) is 0 Å². The van der Waals surface area contributed by atoms with Gasteiger partial charge >= 0.3 is 0 Å². The topological polar surface area (TPSA) is 44.8 Å². The maximum Gasteiger partial charge on any atom is 0.162 e. The number of Topliss-reactive ketones (excluding diaryl/α,β-unsaturated/α-hetero) is 1. The molecule has 2 aliphatic heterocycles. The predicted octanol–water partition coefficient (Wildman–Crippen LogP) is 3.32. The third kappa shape index (κ3) is 1.32.